The predicted octanol–water partition coefficient (Wildman–Crippen LogP) is 2.15. The lowest BCUT2D eigenvalue weighted by molar-refractivity contribution is 0.297. The standard InChI is InChI=1S/C18H22N4O4S/c1-27(23,24)22-14-5-3-13(4-6-14)12-20-18(19)21-15-7-8-16-17(11-15)26-10-2-9-25-16/h3-8,11,22H,2,9-10,12H2,1H3,(H3,19,20,21). The Bertz CT molecular complexity index is 927. The SMILES string of the molecule is CS(=O)(=O)Nc1ccc(CN=C(N)Nc2ccc3c(c2)OCCCO3)cc1. The van der Waals surface area contributed by atoms with Crippen LogP contribution in [0.1, 0.15) is 12.0 Å². The fourth-order valence-corrected chi connectivity index (χ4v) is 3.06. The Morgan fingerprint density at radius 2 is 1.74 bits per heavy atom. The fraction of sp³-hybridized carbons (Fsp3) is 0.278. The van der Waals surface area contributed by atoms with Gasteiger partial charge in [-0.05, 0) is 29.8 Å². The quantitative estimate of drug-likeness (QED) is 0.532. The second-order valence-electron chi connectivity index (χ2n) is 6.11. The second-order valence-corrected chi connectivity index (χ2v) is 7.86. The first-order chi connectivity index (χ1) is 12.9. The summed E-state index contributed by atoms with van der Waals surface area (Å²) < 4.78 is 36.1. The zero-order valence-electron chi connectivity index (χ0n) is 14.9. The molecule has 8 nitrogen and oxygen atoms in total. The van der Waals surface area contributed by atoms with Gasteiger partial charge in [-0.15, -0.1) is 0 Å². The van der Waals surface area contributed by atoms with Gasteiger partial charge in [-0.2, -0.15) is 0 Å². The summed E-state index contributed by atoms with van der Waals surface area (Å²) in [5.41, 5.74) is 8.11. The molecule has 0 aromatic heterocycles. The van der Waals surface area contributed by atoms with E-state index in [1.54, 1.807) is 24.3 Å². The third-order valence-electron chi connectivity index (χ3n) is 3.71. The highest BCUT2D eigenvalue weighted by Gasteiger charge is 2.10. The minimum Gasteiger partial charge on any atom is -0.490 e. The molecule has 3 rings (SSSR count). The molecule has 4 N–H and O–H groups in total. The fourth-order valence-electron chi connectivity index (χ4n) is 2.50. The van der Waals surface area contributed by atoms with Crippen molar-refractivity contribution in [3.63, 3.8) is 0 Å². The van der Waals surface area contributed by atoms with E-state index in [1.165, 1.54) is 0 Å². The molecule has 1 aliphatic rings. The molecule has 0 saturated heterocycles. The first-order valence-corrected chi connectivity index (χ1v) is 10.3. The highest BCUT2D eigenvalue weighted by molar-refractivity contribution is 7.92. The minimum absolute atomic E-state index is 0.267. The molecule has 9 heteroatoms. The lowest BCUT2D eigenvalue weighted by atomic mass is 10.2. The number of nitrogens with one attached hydrogen (secondary N) is 2. The zero-order chi connectivity index (χ0) is 19.3. The Balaban J connectivity index is 1.60. The number of sulfonamides is 1. The van der Waals surface area contributed by atoms with Gasteiger partial charge >= 0.3 is 0 Å². The van der Waals surface area contributed by atoms with Crippen molar-refractivity contribution in [1.82, 2.24) is 0 Å². The number of guanidine groups is 1. The number of benzene rings is 2. The number of fused-ring (bicyclic) bond motifs is 1. The molecule has 2 aromatic rings. The summed E-state index contributed by atoms with van der Waals surface area (Å²) in [6, 6.07) is 12.5. The van der Waals surface area contributed by atoms with Gasteiger partial charge in [0.1, 0.15) is 0 Å². The Morgan fingerprint density at radius 1 is 1.07 bits per heavy atom. The van der Waals surface area contributed by atoms with Gasteiger partial charge in [-0.1, -0.05) is 12.1 Å². The van der Waals surface area contributed by atoms with Gasteiger partial charge in [0.15, 0.2) is 17.5 Å². The summed E-state index contributed by atoms with van der Waals surface area (Å²) in [6.45, 7) is 1.62. The van der Waals surface area contributed by atoms with Crippen molar-refractivity contribution in [3.05, 3.63) is 48.0 Å². The summed E-state index contributed by atoms with van der Waals surface area (Å²) in [5.74, 6) is 1.67. The second kappa shape index (κ2) is 8.17. The van der Waals surface area contributed by atoms with Crippen LogP contribution >= 0.6 is 0 Å². The van der Waals surface area contributed by atoms with E-state index in [0.29, 0.717) is 31.2 Å². The normalized spacial score (nSPS) is 14.3. The number of ether oxygens (including phenoxy) is 2. The highest BCUT2D eigenvalue weighted by atomic mass is 32.2. The van der Waals surface area contributed by atoms with E-state index in [-0.39, 0.29) is 5.96 Å². The summed E-state index contributed by atoms with van der Waals surface area (Å²) in [5, 5.41) is 3.03. The third kappa shape index (κ3) is 5.78. The molecule has 144 valence electrons. The van der Waals surface area contributed by atoms with E-state index in [0.717, 1.165) is 29.7 Å². The van der Waals surface area contributed by atoms with Crippen LogP contribution in [0, 0.1) is 0 Å². The molecular formula is C18H22N4O4S. The van der Waals surface area contributed by atoms with Crippen molar-refractivity contribution in [2.24, 2.45) is 10.7 Å². The largest absolute Gasteiger partial charge is 0.490 e. The maximum absolute atomic E-state index is 11.2. The van der Waals surface area contributed by atoms with Crippen LogP contribution in [0.5, 0.6) is 11.5 Å². The molecule has 0 aliphatic carbocycles. The van der Waals surface area contributed by atoms with Crippen molar-refractivity contribution in [2.75, 3.05) is 29.5 Å². The van der Waals surface area contributed by atoms with Crippen LogP contribution in [0.3, 0.4) is 0 Å². The van der Waals surface area contributed by atoms with E-state index in [4.69, 9.17) is 15.2 Å². The van der Waals surface area contributed by atoms with E-state index in [9.17, 15) is 8.42 Å². The van der Waals surface area contributed by atoms with Crippen LogP contribution in [-0.4, -0.2) is 33.8 Å². The van der Waals surface area contributed by atoms with Gasteiger partial charge in [0.25, 0.3) is 0 Å². The van der Waals surface area contributed by atoms with Gasteiger partial charge in [-0.3, -0.25) is 4.72 Å². The first kappa shape index (κ1) is 18.8. The van der Waals surface area contributed by atoms with Crippen LogP contribution in [0.15, 0.2) is 47.5 Å². The van der Waals surface area contributed by atoms with Crippen molar-refractivity contribution in [2.45, 2.75) is 13.0 Å². The van der Waals surface area contributed by atoms with Crippen LogP contribution in [-0.2, 0) is 16.6 Å². The van der Waals surface area contributed by atoms with Gasteiger partial charge in [0, 0.05) is 23.9 Å². The lowest BCUT2D eigenvalue weighted by Gasteiger charge is -2.11. The molecule has 1 heterocycles. The van der Waals surface area contributed by atoms with Crippen LogP contribution in [0.2, 0.25) is 0 Å². The van der Waals surface area contributed by atoms with Gasteiger partial charge in [0.05, 0.1) is 26.0 Å². The van der Waals surface area contributed by atoms with Gasteiger partial charge in [-0.25, -0.2) is 13.4 Å². The van der Waals surface area contributed by atoms with Gasteiger partial charge < -0.3 is 20.5 Å². The maximum atomic E-state index is 11.2. The first-order valence-electron chi connectivity index (χ1n) is 8.42. The number of hydrogen-bond acceptors (Lipinski definition) is 5. The molecule has 1 aliphatic heterocycles. The zero-order valence-corrected chi connectivity index (χ0v) is 15.8. The Hall–Kier alpha value is -2.94. The molecule has 27 heavy (non-hydrogen) atoms. The average molecular weight is 390 g/mol. The summed E-state index contributed by atoms with van der Waals surface area (Å²) in [7, 11) is -3.29. The molecule has 0 amide bonds. The number of rotatable bonds is 5. The van der Waals surface area contributed by atoms with Crippen LogP contribution in [0.25, 0.3) is 0 Å². The van der Waals surface area contributed by atoms with E-state index >= 15 is 0 Å². The topological polar surface area (TPSA) is 115 Å². The molecule has 0 bridgehead atoms. The molecule has 0 fully saturated rings. The van der Waals surface area contributed by atoms with Crippen molar-refractivity contribution in [3.8, 4) is 11.5 Å². The van der Waals surface area contributed by atoms with Gasteiger partial charge in [0.2, 0.25) is 10.0 Å². The molecule has 0 spiro atoms. The average Bonchev–Trinajstić information content (AvgIpc) is 2.85. The monoisotopic (exact) mass is 390 g/mol. The summed E-state index contributed by atoms with van der Waals surface area (Å²) in [4.78, 5) is 4.30. The number of anilines is 2. The molecule has 0 unspecified atom stereocenters. The van der Waals surface area contributed by atoms with Crippen LogP contribution < -0.4 is 25.2 Å². The minimum atomic E-state index is -3.29. The predicted molar refractivity (Wildman–Crippen MR) is 106 cm³/mol. The number of nitrogens with two attached hydrogens (primary N) is 1. The van der Waals surface area contributed by atoms with E-state index in [1.807, 2.05) is 18.2 Å². The van der Waals surface area contributed by atoms with E-state index < -0.39 is 10.0 Å². The Morgan fingerprint density at radius 3 is 2.44 bits per heavy atom. The van der Waals surface area contributed by atoms with Crippen molar-refractivity contribution >= 4 is 27.4 Å². The van der Waals surface area contributed by atoms with Crippen LogP contribution in [0.4, 0.5) is 11.4 Å². The number of nitrogens with zero attached hydrogens (tertiary/aromatic N) is 1. The van der Waals surface area contributed by atoms with E-state index in [2.05, 4.69) is 15.0 Å². The highest BCUT2D eigenvalue weighted by Crippen LogP contribution is 2.32. The summed E-state index contributed by atoms with van der Waals surface area (Å²) in [6.07, 6.45) is 1.96. The molecular weight excluding hydrogens is 368 g/mol. The Kier molecular flexibility index (Phi) is 5.70. The lowest BCUT2D eigenvalue weighted by Crippen LogP contribution is -2.22. The smallest absolute Gasteiger partial charge is 0.229 e. The Labute approximate surface area is 158 Å². The summed E-state index contributed by atoms with van der Waals surface area (Å²) >= 11 is 0. The number of aliphatic imine (C=N–C) groups is 1. The van der Waals surface area contributed by atoms with Crippen molar-refractivity contribution < 1.29 is 17.9 Å². The number of hydrogen-bond donors (Lipinski definition) is 3. The maximum Gasteiger partial charge on any atom is 0.229 e. The molecule has 0 radical (unpaired) electrons. The van der Waals surface area contributed by atoms with Crippen molar-refractivity contribution in [1.29, 1.82) is 0 Å². The molecule has 0 saturated carbocycles. The molecule has 0 atom stereocenters. The molecule has 2 aromatic carbocycles. The third-order valence-corrected chi connectivity index (χ3v) is 4.32.